The topological polar surface area (TPSA) is 140 Å². The lowest BCUT2D eigenvalue weighted by Crippen LogP contribution is -2.52. The van der Waals surface area contributed by atoms with E-state index in [4.69, 9.17) is 22.2 Å². The zero-order valence-corrected chi connectivity index (χ0v) is 13.8. The molecule has 1 atom stereocenters. The molecule has 0 bridgehead atoms. The summed E-state index contributed by atoms with van der Waals surface area (Å²) in [7, 11) is 0. The fourth-order valence-electron chi connectivity index (χ4n) is 2.58. The first-order valence-electron chi connectivity index (χ1n) is 7.20. The number of piperazine rings is 1. The maximum Gasteiger partial charge on any atom is 0.423 e. The molecule has 0 spiro atoms. The molecule has 1 aliphatic rings. The minimum atomic E-state index is -1.18. The Morgan fingerprint density at radius 1 is 1.50 bits per heavy atom. The number of primary amides is 1. The Morgan fingerprint density at radius 3 is 2.62 bits per heavy atom. The third kappa shape index (κ3) is 5.03. The zero-order valence-electron chi connectivity index (χ0n) is 13.1. The Bertz CT molecular complexity index is 613. The predicted octanol–water partition coefficient (Wildman–Crippen LogP) is -0.176. The van der Waals surface area contributed by atoms with Crippen LogP contribution in [-0.2, 0) is 11.4 Å². The molecule has 1 aromatic heterocycles. The van der Waals surface area contributed by atoms with E-state index in [2.05, 4.69) is 4.98 Å². The Hall–Kier alpha value is -1.95. The standard InChI is InChI=1S/C12H19ClN6O5/c1-12(21,8-17-6-9(19(22)23)15-10(17)13)7-16-2-4-18(5-3-16)24-11(14)20/h6,21H,2-5,7-8H2,1H3,(H2,14,20). The molecule has 2 heterocycles. The summed E-state index contributed by atoms with van der Waals surface area (Å²) in [6.45, 7) is 4.07. The Morgan fingerprint density at radius 2 is 2.12 bits per heavy atom. The van der Waals surface area contributed by atoms with Gasteiger partial charge in [-0.25, -0.2) is 4.79 Å². The van der Waals surface area contributed by atoms with Crippen LogP contribution in [0.4, 0.5) is 10.6 Å². The molecule has 11 nitrogen and oxygen atoms in total. The van der Waals surface area contributed by atoms with Gasteiger partial charge in [0.2, 0.25) is 0 Å². The lowest BCUT2D eigenvalue weighted by molar-refractivity contribution is -0.389. The van der Waals surface area contributed by atoms with Gasteiger partial charge in [0.15, 0.2) is 0 Å². The summed E-state index contributed by atoms with van der Waals surface area (Å²) in [5.41, 5.74) is 3.78. The van der Waals surface area contributed by atoms with Gasteiger partial charge in [0.25, 0.3) is 0 Å². The van der Waals surface area contributed by atoms with Crippen LogP contribution < -0.4 is 5.73 Å². The first-order chi connectivity index (χ1) is 11.2. The average molecular weight is 363 g/mol. The number of nitrogens with zero attached hydrogens (tertiary/aromatic N) is 5. The number of hydroxylamine groups is 2. The van der Waals surface area contributed by atoms with Crippen LogP contribution in [0.3, 0.4) is 0 Å². The first-order valence-corrected chi connectivity index (χ1v) is 7.58. The fraction of sp³-hybridized carbons (Fsp3) is 0.667. The smallest absolute Gasteiger partial charge is 0.387 e. The monoisotopic (exact) mass is 362 g/mol. The second-order valence-corrected chi connectivity index (χ2v) is 6.20. The van der Waals surface area contributed by atoms with Gasteiger partial charge in [-0.2, -0.15) is 0 Å². The van der Waals surface area contributed by atoms with Crippen molar-refractivity contribution in [2.45, 2.75) is 19.1 Å². The number of imidazole rings is 1. The van der Waals surface area contributed by atoms with Crippen LogP contribution in [0.15, 0.2) is 6.20 Å². The first kappa shape index (κ1) is 18.4. The van der Waals surface area contributed by atoms with E-state index in [9.17, 15) is 20.0 Å². The maximum absolute atomic E-state index is 10.7. The lowest BCUT2D eigenvalue weighted by atomic mass is 10.1. The van der Waals surface area contributed by atoms with Crippen LogP contribution in [0.1, 0.15) is 6.92 Å². The third-order valence-corrected chi connectivity index (χ3v) is 3.83. The van der Waals surface area contributed by atoms with Crippen molar-refractivity contribution in [3.63, 3.8) is 0 Å². The molecule has 1 saturated heterocycles. The van der Waals surface area contributed by atoms with Gasteiger partial charge in [0, 0.05) is 32.7 Å². The van der Waals surface area contributed by atoms with E-state index in [-0.39, 0.29) is 17.6 Å². The molecule has 1 aromatic rings. The summed E-state index contributed by atoms with van der Waals surface area (Å²) >= 11 is 5.86. The molecule has 1 fully saturated rings. The van der Waals surface area contributed by atoms with Gasteiger partial charge in [0.05, 0.1) is 12.1 Å². The van der Waals surface area contributed by atoms with Gasteiger partial charge in [-0.1, -0.05) is 0 Å². The summed E-state index contributed by atoms with van der Waals surface area (Å²) in [5, 5.41) is 22.7. The molecule has 1 unspecified atom stereocenters. The van der Waals surface area contributed by atoms with E-state index >= 15 is 0 Å². The maximum atomic E-state index is 10.7. The van der Waals surface area contributed by atoms with Crippen LogP contribution in [0.5, 0.6) is 0 Å². The number of β-amino-alcohol motifs (C(OH)–C–C–N with tert-alkyl or cyclic N) is 1. The summed E-state index contributed by atoms with van der Waals surface area (Å²) in [6, 6.07) is 0. The SMILES string of the molecule is CC(O)(CN1CCN(OC(N)=O)CC1)Cn1cc([N+](=O)[O-])nc1Cl. The van der Waals surface area contributed by atoms with E-state index < -0.39 is 16.6 Å². The number of nitro groups is 1. The zero-order chi connectivity index (χ0) is 17.9. The van der Waals surface area contributed by atoms with Gasteiger partial charge >= 0.3 is 17.2 Å². The minimum Gasteiger partial charge on any atom is -0.387 e. The minimum absolute atomic E-state index is 0.0540. The number of amides is 1. The number of halogens is 1. The second-order valence-electron chi connectivity index (χ2n) is 5.87. The highest BCUT2D eigenvalue weighted by Crippen LogP contribution is 2.20. The molecule has 3 N–H and O–H groups in total. The number of hydrogen-bond acceptors (Lipinski definition) is 8. The molecule has 2 rings (SSSR count). The quantitative estimate of drug-likeness (QED) is 0.524. The van der Waals surface area contributed by atoms with E-state index in [1.165, 1.54) is 15.8 Å². The number of hydrogen-bond donors (Lipinski definition) is 2. The number of carbonyl (C=O) groups is 1. The van der Waals surface area contributed by atoms with Crippen molar-refractivity contribution in [3.8, 4) is 0 Å². The van der Waals surface area contributed by atoms with Gasteiger partial charge in [-0.3, -0.25) is 9.47 Å². The fourth-order valence-corrected chi connectivity index (χ4v) is 2.78. The van der Waals surface area contributed by atoms with E-state index in [1.807, 2.05) is 4.90 Å². The highest BCUT2D eigenvalue weighted by molar-refractivity contribution is 6.28. The molecule has 0 radical (unpaired) electrons. The van der Waals surface area contributed by atoms with E-state index in [0.29, 0.717) is 32.7 Å². The van der Waals surface area contributed by atoms with Gasteiger partial charge in [-0.05, 0) is 28.4 Å². The molecule has 0 saturated carbocycles. The van der Waals surface area contributed by atoms with E-state index in [0.717, 1.165) is 0 Å². The van der Waals surface area contributed by atoms with Crippen molar-refractivity contribution >= 4 is 23.5 Å². The van der Waals surface area contributed by atoms with E-state index in [1.54, 1.807) is 6.92 Å². The predicted molar refractivity (Wildman–Crippen MR) is 83.2 cm³/mol. The molecule has 12 heteroatoms. The van der Waals surface area contributed by atoms with Gasteiger partial charge < -0.3 is 25.8 Å². The molecule has 0 aliphatic carbocycles. The van der Waals surface area contributed by atoms with Crippen LogP contribution in [0.2, 0.25) is 5.28 Å². The van der Waals surface area contributed by atoms with Crippen LogP contribution in [-0.4, -0.2) is 74.0 Å². The highest BCUT2D eigenvalue weighted by Gasteiger charge is 2.30. The molecule has 24 heavy (non-hydrogen) atoms. The van der Waals surface area contributed by atoms with Crippen LogP contribution >= 0.6 is 11.6 Å². The largest absolute Gasteiger partial charge is 0.423 e. The number of nitrogens with two attached hydrogens (primary N) is 1. The summed E-state index contributed by atoms with van der Waals surface area (Å²) < 4.78 is 1.34. The average Bonchev–Trinajstić information content (AvgIpc) is 2.81. The molecular weight excluding hydrogens is 344 g/mol. The highest BCUT2D eigenvalue weighted by atomic mass is 35.5. The Balaban J connectivity index is 1.90. The molecular formula is C12H19ClN6O5. The normalized spacial score (nSPS) is 19.0. The molecule has 1 amide bonds. The Kier molecular flexibility index (Phi) is 5.59. The van der Waals surface area contributed by atoms with Crippen molar-refractivity contribution in [1.82, 2.24) is 19.5 Å². The molecule has 1 aliphatic heterocycles. The third-order valence-electron chi connectivity index (χ3n) is 3.53. The van der Waals surface area contributed by atoms with Crippen molar-refractivity contribution < 1.29 is 19.7 Å². The molecule has 0 aromatic carbocycles. The summed E-state index contributed by atoms with van der Waals surface area (Å²) in [4.78, 5) is 31.2. The van der Waals surface area contributed by atoms with Crippen molar-refractivity contribution in [3.05, 3.63) is 21.6 Å². The molecule has 134 valence electrons. The van der Waals surface area contributed by atoms with Crippen LogP contribution in [0, 0.1) is 10.1 Å². The number of aromatic nitrogens is 2. The number of carbonyl (C=O) groups excluding carboxylic acids is 1. The number of rotatable bonds is 6. The van der Waals surface area contributed by atoms with Crippen molar-refractivity contribution in [1.29, 1.82) is 0 Å². The summed E-state index contributed by atoms with van der Waals surface area (Å²) in [6.07, 6.45) is 0.335. The van der Waals surface area contributed by atoms with Crippen molar-refractivity contribution in [2.24, 2.45) is 5.73 Å². The van der Waals surface area contributed by atoms with Crippen LogP contribution in [0.25, 0.3) is 0 Å². The Labute approximate surface area is 142 Å². The lowest BCUT2D eigenvalue weighted by Gasteiger charge is -2.37. The second kappa shape index (κ2) is 7.30. The van der Waals surface area contributed by atoms with Crippen molar-refractivity contribution in [2.75, 3.05) is 32.7 Å². The summed E-state index contributed by atoms with van der Waals surface area (Å²) in [5.74, 6) is -0.368. The van der Waals surface area contributed by atoms with Gasteiger partial charge in [-0.15, -0.1) is 5.06 Å². The number of aliphatic hydroxyl groups is 1. The van der Waals surface area contributed by atoms with Gasteiger partial charge in [0.1, 0.15) is 6.20 Å².